The summed E-state index contributed by atoms with van der Waals surface area (Å²) in [6, 6.07) is 30.9. The van der Waals surface area contributed by atoms with E-state index in [9.17, 15) is 0 Å². The van der Waals surface area contributed by atoms with Crippen molar-refractivity contribution < 1.29 is 27.0 Å². The number of nitrogens with zero attached hydrogens (tertiary/aromatic N) is 3. The maximum Gasteiger partial charge on any atom is 0.164 e. The third-order valence-corrected chi connectivity index (χ3v) is 10.3. The molecule has 0 aliphatic rings. The average molecular weight is 742 g/mol. The molecule has 0 unspecified atom stereocenters. The van der Waals surface area contributed by atoms with E-state index in [-0.39, 0.29) is 28.6 Å². The lowest BCUT2D eigenvalue weighted by atomic mass is 9.92. The standard InChI is InChI=1S/C51H29N3O3/c1-3-14-30(15-4-1)49-52-50(31-16-5-2-6-17-31)54-51(53-49)39-24-13-27-43-46(39)38-23-12-22-36(48(38)57-43)40-28-32(29-44-45(40)37-19-8-10-26-42(37)55-44)33-20-11-21-35-34-18-7-9-25-41(34)56-47(33)35/h1-29H/i1D,2D,3D,4D,5D,6D,14D,15D,16D,17D. The second-order valence-corrected chi connectivity index (χ2v) is 13.5. The van der Waals surface area contributed by atoms with Crippen molar-refractivity contribution in [1.29, 1.82) is 0 Å². The third-order valence-electron chi connectivity index (χ3n) is 10.3. The molecular formula is C51H29N3O3. The van der Waals surface area contributed by atoms with E-state index in [2.05, 4.69) is 11.1 Å². The number of hydrogen-bond acceptors (Lipinski definition) is 6. The number of fused-ring (bicyclic) bond motifs is 9. The monoisotopic (exact) mass is 741 g/mol. The van der Waals surface area contributed by atoms with E-state index in [4.69, 9.17) is 36.9 Å². The third kappa shape index (κ3) is 4.94. The first-order valence-corrected chi connectivity index (χ1v) is 18.1. The lowest BCUT2D eigenvalue weighted by molar-refractivity contribution is 0.668. The molecule has 4 aromatic heterocycles. The Morgan fingerprint density at radius 3 is 1.63 bits per heavy atom. The summed E-state index contributed by atoms with van der Waals surface area (Å²) in [7, 11) is 0. The van der Waals surface area contributed by atoms with E-state index in [0.717, 1.165) is 55.0 Å². The first-order chi connectivity index (χ1) is 32.4. The zero-order valence-corrected chi connectivity index (χ0v) is 29.5. The lowest BCUT2D eigenvalue weighted by Gasteiger charge is -2.10. The highest BCUT2D eigenvalue weighted by Crippen LogP contribution is 2.46. The first kappa shape index (κ1) is 23.2. The minimum Gasteiger partial charge on any atom is -0.456 e. The molecule has 0 N–H and O–H groups in total. The Hall–Kier alpha value is -7.83. The fraction of sp³-hybridized carbons (Fsp3) is 0. The predicted molar refractivity (Wildman–Crippen MR) is 229 cm³/mol. The smallest absolute Gasteiger partial charge is 0.164 e. The molecule has 12 rings (SSSR count). The summed E-state index contributed by atoms with van der Waals surface area (Å²) in [5, 5.41) is 4.97. The van der Waals surface area contributed by atoms with E-state index in [1.807, 2.05) is 91.0 Å². The molecule has 0 atom stereocenters. The van der Waals surface area contributed by atoms with Crippen LogP contribution in [0.5, 0.6) is 0 Å². The SMILES string of the molecule is [2H]c1c([2H])c([2H])c(-c2nc(-c3c([2H])c([2H])c([2H])c([2H])c3[2H])nc(-c3cccc4oc5c(-c6cc(-c7cccc8c7oc7ccccc78)cc7oc8ccccc8c67)cccc5c34)n2)c([2H])c1[2H]. The number of hydrogen-bond donors (Lipinski definition) is 0. The van der Waals surface area contributed by atoms with E-state index in [1.165, 1.54) is 0 Å². The van der Waals surface area contributed by atoms with Crippen molar-refractivity contribution in [3.8, 4) is 56.4 Å². The Bertz CT molecular complexity index is 4000. The van der Waals surface area contributed by atoms with Gasteiger partial charge in [0.15, 0.2) is 17.5 Å². The van der Waals surface area contributed by atoms with Gasteiger partial charge in [0, 0.05) is 60.1 Å². The van der Waals surface area contributed by atoms with Gasteiger partial charge in [-0.25, -0.2) is 15.0 Å². The summed E-state index contributed by atoms with van der Waals surface area (Å²) >= 11 is 0. The van der Waals surface area contributed by atoms with Gasteiger partial charge in [0.1, 0.15) is 33.5 Å². The van der Waals surface area contributed by atoms with Crippen molar-refractivity contribution in [2.45, 2.75) is 0 Å². The molecule has 4 heterocycles. The highest BCUT2D eigenvalue weighted by atomic mass is 16.3. The zero-order valence-electron chi connectivity index (χ0n) is 39.5. The second-order valence-electron chi connectivity index (χ2n) is 13.5. The van der Waals surface area contributed by atoms with Crippen LogP contribution >= 0.6 is 0 Å². The van der Waals surface area contributed by atoms with Crippen LogP contribution in [0.4, 0.5) is 0 Å². The summed E-state index contributed by atoms with van der Waals surface area (Å²) in [5.41, 5.74) is 6.77. The van der Waals surface area contributed by atoms with Crippen molar-refractivity contribution in [2.75, 3.05) is 0 Å². The number of para-hydroxylation sites is 4. The molecule has 0 radical (unpaired) electrons. The molecule has 0 saturated carbocycles. The molecule has 12 aromatic rings. The molecule has 8 aromatic carbocycles. The van der Waals surface area contributed by atoms with Crippen LogP contribution in [0.2, 0.25) is 0 Å². The van der Waals surface area contributed by atoms with Crippen molar-refractivity contribution in [3.05, 3.63) is 176 Å². The zero-order chi connectivity index (χ0) is 46.2. The normalized spacial score (nSPS) is 14.3. The average Bonchev–Trinajstić information content (AvgIpc) is 4.05. The molecule has 6 heteroatoms. The maximum atomic E-state index is 8.80. The van der Waals surface area contributed by atoms with Crippen LogP contribution in [0.1, 0.15) is 13.7 Å². The van der Waals surface area contributed by atoms with E-state index >= 15 is 0 Å². The topological polar surface area (TPSA) is 78.1 Å². The Kier molecular flexibility index (Phi) is 5.02. The highest BCUT2D eigenvalue weighted by Gasteiger charge is 2.23. The molecule has 0 fully saturated rings. The van der Waals surface area contributed by atoms with Crippen LogP contribution in [0, 0.1) is 0 Å². The number of rotatable bonds is 5. The van der Waals surface area contributed by atoms with Crippen LogP contribution in [0.15, 0.2) is 189 Å². The van der Waals surface area contributed by atoms with Crippen molar-refractivity contribution >= 4 is 65.8 Å². The number of aromatic nitrogens is 3. The number of furan rings is 3. The van der Waals surface area contributed by atoms with Crippen LogP contribution < -0.4 is 0 Å². The van der Waals surface area contributed by atoms with Gasteiger partial charge in [0.25, 0.3) is 0 Å². The first-order valence-electron chi connectivity index (χ1n) is 23.1. The predicted octanol–water partition coefficient (Wildman–Crippen LogP) is 13.9. The summed E-state index contributed by atoms with van der Waals surface area (Å²) in [6.07, 6.45) is 0. The molecule has 0 saturated heterocycles. The van der Waals surface area contributed by atoms with Crippen molar-refractivity contribution in [3.63, 3.8) is 0 Å². The fourth-order valence-electron chi connectivity index (χ4n) is 7.89. The van der Waals surface area contributed by atoms with Crippen LogP contribution in [-0.2, 0) is 0 Å². The van der Waals surface area contributed by atoms with Crippen molar-refractivity contribution in [2.24, 2.45) is 0 Å². The minimum atomic E-state index is -0.629. The van der Waals surface area contributed by atoms with Crippen LogP contribution in [0.3, 0.4) is 0 Å². The molecular weight excluding hydrogens is 703 g/mol. The van der Waals surface area contributed by atoms with Gasteiger partial charge in [-0.3, -0.25) is 0 Å². The van der Waals surface area contributed by atoms with E-state index in [0.29, 0.717) is 38.7 Å². The highest BCUT2D eigenvalue weighted by molar-refractivity contribution is 6.20. The summed E-state index contributed by atoms with van der Waals surface area (Å²) in [5.74, 6) is -0.791. The maximum absolute atomic E-state index is 8.80. The molecule has 6 nitrogen and oxygen atoms in total. The summed E-state index contributed by atoms with van der Waals surface area (Å²) in [4.78, 5) is 13.9. The largest absolute Gasteiger partial charge is 0.456 e. The Labute approximate surface area is 339 Å². The number of benzene rings is 8. The quantitative estimate of drug-likeness (QED) is 0.175. The van der Waals surface area contributed by atoms with Gasteiger partial charge >= 0.3 is 0 Å². The van der Waals surface area contributed by atoms with Crippen LogP contribution in [0.25, 0.3) is 122 Å². The van der Waals surface area contributed by atoms with Crippen molar-refractivity contribution in [1.82, 2.24) is 15.0 Å². The molecule has 57 heavy (non-hydrogen) atoms. The van der Waals surface area contributed by atoms with Gasteiger partial charge in [-0.05, 0) is 41.5 Å². The summed E-state index contributed by atoms with van der Waals surface area (Å²) in [6.45, 7) is 0. The van der Waals surface area contributed by atoms with Crippen LogP contribution in [-0.4, -0.2) is 15.0 Å². The fourth-order valence-corrected chi connectivity index (χ4v) is 7.89. The molecule has 0 aliphatic heterocycles. The van der Waals surface area contributed by atoms with Gasteiger partial charge in [-0.2, -0.15) is 0 Å². The Morgan fingerprint density at radius 2 is 0.877 bits per heavy atom. The molecule has 266 valence electrons. The van der Waals surface area contributed by atoms with E-state index < -0.39 is 60.4 Å². The molecule has 0 bridgehead atoms. The van der Waals surface area contributed by atoms with E-state index in [1.54, 1.807) is 18.2 Å². The minimum absolute atomic E-state index is 0.0681. The van der Waals surface area contributed by atoms with Gasteiger partial charge in [-0.1, -0.05) is 145 Å². The Balaban J connectivity index is 1.13. The summed E-state index contributed by atoms with van der Waals surface area (Å²) < 4.78 is 105. The molecule has 0 spiro atoms. The van der Waals surface area contributed by atoms with Gasteiger partial charge in [0.05, 0.1) is 13.7 Å². The van der Waals surface area contributed by atoms with Gasteiger partial charge in [0.2, 0.25) is 0 Å². The molecule has 0 aliphatic carbocycles. The Morgan fingerprint density at radius 1 is 0.351 bits per heavy atom. The van der Waals surface area contributed by atoms with Gasteiger partial charge < -0.3 is 13.3 Å². The lowest BCUT2D eigenvalue weighted by Crippen LogP contribution is -2.00. The molecule has 0 amide bonds. The van der Waals surface area contributed by atoms with Gasteiger partial charge in [-0.15, -0.1) is 0 Å². The second kappa shape index (κ2) is 12.3.